The molecule has 0 bridgehead atoms. The molecule has 4 aromatic carbocycles. The SMILES string of the molecule is C=Cc1nc2c(C#N)c(C)c(N=Nc3cc(C)c(N=Nc4cc(C)c(N=Nc5ccc(N=Nc6ccc(S(=O)(=O)O)cc6)cc5S(=O)(=O)O)cc4OCCCS(=O)(=O)O)cc3OCCCS(=O)(=O)O)c(O)n2c1/C=C\C.CC. The highest BCUT2D eigenvalue weighted by Crippen LogP contribution is 2.43. The Hall–Kier alpha value is -8.02. The highest BCUT2D eigenvalue weighted by atomic mass is 32.2. The number of aromatic hydroxyl groups is 1. The second kappa shape index (κ2) is 25.9. The van der Waals surface area contributed by atoms with Crippen molar-refractivity contribution in [3.05, 3.63) is 113 Å². The smallest absolute Gasteiger partial charge is 0.296 e. The number of hydrogen-bond donors (Lipinski definition) is 5. The van der Waals surface area contributed by atoms with E-state index in [1.54, 1.807) is 39.8 Å². The van der Waals surface area contributed by atoms with Gasteiger partial charge >= 0.3 is 0 Å². The Kier molecular flexibility index (Phi) is 20.2. The van der Waals surface area contributed by atoms with Crippen molar-refractivity contribution in [3.8, 4) is 23.4 Å². The molecule has 0 unspecified atom stereocenters. The van der Waals surface area contributed by atoms with E-state index >= 15 is 0 Å². The van der Waals surface area contributed by atoms with Crippen LogP contribution >= 0.6 is 0 Å². The van der Waals surface area contributed by atoms with Crippen LogP contribution in [0.2, 0.25) is 0 Å². The fourth-order valence-corrected chi connectivity index (χ4v) is 8.95. The van der Waals surface area contributed by atoms with Crippen molar-refractivity contribution in [1.82, 2.24) is 9.38 Å². The maximum absolute atomic E-state index is 12.5. The first-order valence-electron chi connectivity index (χ1n) is 23.0. The van der Waals surface area contributed by atoms with Gasteiger partial charge in [-0.15, -0.1) is 20.5 Å². The summed E-state index contributed by atoms with van der Waals surface area (Å²) in [4.78, 5) is 3.36. The van der Waals surface area contributed by atoms with Gasteiger partial charge in [-0.1, -0.05) is 26.5 Å². The van der Waals surface area contributed by atoms with E-state index < -0.39 is 67.6 Å². The van der Waals surface area contributed by atoms with Crippen molar-refractivity contribution in [3.63, 3.8) is 0 Å². The van der Waals surface area contributed by atoms with Gasteiger partial charge in [-0.3, -0.25) is 22.6 Å². The first kappa shape index (κ1) is 60.8. The number of allylic oxidation sites excluding steroid dienone is 1. The molecule has 0 radical (unpaired) electrons. The van der Waals surface area contributed by atoms with Crippen LogP contribution in [0.5, 0.6) is 17.4 Å². The Bertz CT molecular complexity index is 3930. The number of aromatic nitrogens is 2. The van der Waals surface area contributed by atoms with Gasteiger partial charge in [0.2, 0.25) is 5.88 Å². The van der Waals surface area contributed by atoms with Crippen LogP contribution < -0.4 is 9.47 Å². The number of aryl methyl sites for hydroxylation is 2. The van der Waals surface area contributed by atoms with Gasteiger partial charge in [0.1, 0.15) is 45.1 Å². The Morgan fingerprint density at radius 2 is 1.14 bits per heavy atom. The molecule has 78 heavy (non-hydrogen) atoms. The van der Waals surface area contributed by atoms with Crippen molar-refractivity contribution < 1.29 is 66.5 Å². The largest absolute Gasteiger partial charge is 0.493 e. The third kappa shape index (κ3) is 16.0. The number of nitriles is 1. The molecule has 30 heteroatoms. The molecule has 412 valence electrons. The number of imidazole rings is 1. The molecule has 0 amide bonds. The zero-order valence-corrected chi connectivity index (χ0v) is 45.7. The summed E-state index contributed by atoms with van der Waals surface area (Å²) in [6, 6.07) is 15.8. The van der Waals surface area contributed by atoms with E-state index in [0.29, 0.717) is 22.5 Å². The lowest BCUT2D eigenvalue weighted by Gasteiger charge is -2.13. The van der Waals surface area contributed by atoms with Gasteiger partial charge in [0.15, 0.2) is 11.3 Å². The standard InChI is InChI=1S/C46H45N11O15S4.C2H6/c1-6-10-40-34(7-2)48-45-33(26-47)29(5)44(46(58)57(40)45)56-55-39-22-28(4)37(25-42(39)72-18-9-20-74(62,63)64)53-54-38-21-27(3)36(24-41(38)71-17-8-19-73(59,60)61)52-51-35-16-13-31(23-43(35)76(68,69)70)50-49-30-11-14-32(15-12-30)75(65,66)67;1-2/h6-7,10-16,21-25,58H,2,8-9,17-20H2,1,3-5H3,(H,59,60,61)(H,62,63,64)(H,65,66,67)(H,68,69,70);1-2H3/b10-6-,50-49?,52-51?,54-53?,56-55?;. The minimum absolute atomic E-state index is 0.00871. The number of rotatable bonds is 22. The molecule has 6 aromatic rings. The number of nitrogens with zero attached hydrogens (tertiary/aromatic N) is 11. The third-order valence-electron chi connectivity index (χ3n) is 10.5. The topological polar surface area (TPSA) is 396 Å². The average molecular weight is 1150 g/mol. The molecule has 5 N–H and O–H groups in total. The second-order valence-corrected chi connectivity index (χ2v) is 22.1. The monoisotopic (exact) mass is 1150 g/mol. The Morgan fingerprint density at radius 1 is 0.654 bits per heavy atom. The number of ether oxygens (including phenoxy) is 2. The molecule has 0 atom stereocenters. The van der Waals surface area contributed by atoms with E-state index in [9.17, 15) is 62.3 Å². The molecule has 0 aliphatic carbocycles. The molecular weight excluding hydrogens is 1100 g/mol. The summed E-state index contributed by atoms with van der Waals surface area (Å²) in [5, 5.41) is 55.2. The molecule has 26 nitrogen and oxygen atoms in total. The lowest BCUT2D eigenvalue weighted by atomic mass is 10.1. The maximum atomic E-state index is 12.5. The lowest BCUT2D eigenvalue weighted by Crippen LogP contribution is -2.08. The van der Waals surface area contributed by atoms with Gasteiger partial charge in [-0.25, -0.2) is 4.98 Å². The molecular formula is C48H51N11O15S4. The summed E-state index contributed by atoms with van der Waals surface area (Å²) in [6.07, 6.45) is 4.51. The highest BCUT2D eigenvalue weighted by Gasteiger charge is 2.23. The number of azo groups is 4. The second-order valence-electron chi connectivity index (χ2n) is 16.1. The summed E-state index contributed by atoms with van der Waals surface area (Å²) in [5.41, 5.74) is 2.06. The zero-order valence-electron chi connectivity index (χ0n) is 42.4. The number of hydrogen-bond acceptors (Lipinski definition) is 21. The van der Waals surface area contributed by atoms with Crippen LogP contribution in [0, 0.1) is 32.1 Å². The zero-order chi connectivity index (χ0) is 57.8. The van der Waals surface area contributed by atoms with Crippen LogP contribution in [0.1, 0.15) is 67.3 Å². The van der Waals surface area contributed by atoms with Gasteiger partial charge < -0.3 is 14.6 Å². The molecule has 0 aliphatic heterocycles. The van der Waals surface area contributed by atoms with Crippen molar-refractivity contribution in [2.45, 2.75) is 64.2 Å². The van der Waals surface area contributed by atoms with Gasteiger partial charge in [0, 0.05) is 17.7 Å². The van der Waals surface area contributed by atoms with Crippen LogP contribution in [0.15, 0.2) is 130 Å². The quantitative estimate of drug-likeness (QED) is 0.0239. The molecule has 2 aromatic heterocycles. The van der Waals surface area contributed by atoms with Crippen molar-refractivity contribution in [2.24, 2.45) is 40.9 Å². The summed E-state index contributed by atoms with van der Waals surface area (Å²) >= 11 is 0. The first-order valence-corrected chi connectivity index (χ1v) is 29.1. The van der Waals surface area contributed by atoms with E-state index in [1.807, 2.05) is 13.8 Å². The summed E-state index contributed by atoms with van der Waals surface area (Å²) in [6.45, 7) is 13.8. The van der Waals surface area contributed by atoms with E-state index in [0.717, 1.165) is 18.2 Å². The van der Waals surface area contributed by atoms with Crippen LogP contribution in [-0.4, -0.2) is 91.1 Å². The maximum Gasteiger partial charge on any atom is 0.296 e. The van der Waals surface area contributed by atoms with Gasteiger partial charge in [-0.2, -0.15) is 59.4 Å². The van der Waals surface area contributed by atoms with Crippen molar-refractivity contribution in [1.29, 1.82) is 5.26 Å². The fraction of sp³-hybridized carbons (Fsp3) is 0.250. The van der Waals surface area contributed by atoms with E-state index in [2.05, 4.69) is 58.5 Å². The highest BCUT2D eigenvalue weighted by molar-refractivity contribution is 7.86. The third-order valence-corrected chi connectivity index (χ3v) is 13.9. The van der Waals surface area contributed by atoms with Crippen LogP contribution in [-0.2, 0) is 40.5 Å². The predicted molar refractivity (Wildman–Crippen MR) is 287 cm³/mol. The van der Waals surface area contributed by atoms with Crippen molar-refractivity contribution >= 4 is 104 Å². The minimum Gasteiger partial charge on any atom is -0.493 e. The number of pyridine rings is 1. The normalized spacial score (nSPS) is 12.5. The number of fused-ring (bicyclic) bond motifs is 1. The van der Waals surface area contributed by atoms with E-state index in [4.69, 9.17) is 9.47 Å². The molecule has 0 saturated carbocycles. The molecule has 0 spiro atoms. The minimum atomic E-state index is -4.96. The summed E-state index contributed by atoms with van der Waals surface area (Å²) < 4.78 is 145. The van der Waals surface area contributed by atoms with Gasteiger partial charge in [0.05, 0.1) is 63.8 Å². The van der Waals surface area contributed by atoms with Crippen LogP contribution in [0.25, 0.3) is 17.8 Å². The lowest BCUT2D eigenvalue weighted by molar-refractivity contribution is 0.317. The molecule has 2 heterocycles. The van der Waals surface area contributed by atoms with Crippen molar-refractivity contribution in [2.75, 3.05) is 24.7 Å². The molecule has 0 saturated heterocycles. The Labute approximate surface area is 449 Å². The van der Waals surface area contributed by atoms with Gasteiger partial charge in [0.25, 0.3) is 40.5 Å². The van der Waals surface area contributed by atoms with E-state index in [1.165, 1.54) is 59.0 Å². The molecule has 0 aliphatic rings. The summed E-state index contributed by atoms with van der Waals surface area (Å²) in [5.74, 6) is -1.74. The van der Waals surface area contributed by atoms with E-state index in [-0.39, 0.29) is 99.8 Å². The number of benzene rings is 4. The van der Waals surface area contributed by atoms with Crippen LogP contribution in [0.4, 0.5) is 45.5 Å². The Morgan fingerprint density at radius 3 is 1.62 bits per heavy atom. The summed E-state index contributed by atoms with van der Waals surface area (Å²) in [7, 11) is -18.2. The predicted octanol–water partition coefficient (Wildman–Crippen LogP) is 12.0. The molecule has 0 fully saturated rings. The van der Waals surface area contributed by atoms with Crippen LogP contribution in [0.3, 0.4) is 0 Å². The average Bonchev–Trinajstić information content (AvgIpc) is 3.85. The first-order chi connectivity index (χ1) is 36.7. The molecule has 6 rings (SSSR count). The fourth-order valence-electron chi connectivity index (χ4n) is 6.86. The Balaban J connectivity index is 0.00000554. The van der Waals surface area contributed by atoms with Gasteiger partial charge in [-0.05, 0) is 118 Å².